The Bertz CT molecular complexity index is 915. The maximum absolute atomic E-state index is 13.1. The molecular formula is C12H18F2N5O5P. The third-order valence-corrected chi connectivity index (χ3v) is 4.76. The topological polar surface area (TPSA) is 167 Å². The van der Waals surface area contributed by atoms with E-state index in [-0.39, 0.29) is 30.1 Å². The van der Waals surface area contributed by atoms with Crippen molar-refractivity contribution >= 4 is 24.7 Å². The van der Waals surface area contributed by atoms with Crippen molar-refractivity contribution in [3.8, 4) is 0 Å². The summed E-state index contributed by atoms with van der Waals surface area (Å²) >= 11 is 0. The van der Waals surface area contributed by atoms with Gasteiger partial charge in [-0.1, -0.05) is 12.8 Å². The predicted octanol–water partition coefficient (Wildman–Crippen LogP) is 0.716. The van der Waals surface area contributed by atoms with Gasteiger partial charge in [0.1, 0.15) is 0 Å². The number of aromatic nitrogens is 4. The number of alkyl halides is 2. The average Bonchev–Trinajstić information content (AvgIpc) is 2.78. The molecule has 0 amide bonds. The Labute approximate surface area is 139 Å². The minimum Gasteiger partial charge on any atom is -0.369 e. The second-order valence-corrected chi connectivity index (χ2v) is 7.35. The molecule has 0 fully saturated rings. The Morgan fingerprint density at radius 2 is 1.80 bits per heavy atom. The molecular weight excluding hydrogens is 363 g/mol. The summed E-state index contributed by atoms with van der Waals surface area (Å²) in [6.07, 6.45) is 0.226. The maximum Gasteiger partial charge on any atom is 0.394 e. The molecule has 2 aromatic heterocycles. The van der Waals surface area contributed by atoms with Crippen LogP contribution in [-0.2, 0) is 11.1 Å². The van der Waals surface area contributed by atoms with Gasteiger partial charge in [-0.2, -0.15) is 13.8 Å². The Morgan fingerprint density at radius 3 is 2.44 bits per heavy atom. The van der Waals surface area contributed by atoms with Crippen LogP contribution in [0.5, 0.6) is 0 Å². The maximum atomic E-state index is 13.1. The van der Waals surface area contributed by atoms with Gasteiger partial charge in [0.05, 0.1) is 0 Å². The molecule has 0 atom stereocenters. The molecule has 0 saturated carbocycles. The first kappa shape index (κ1) is 19.3. The molecule has 0 saturated heterocycles. The number of hydrogen-bond donors (Lipinski definition) is 5. The molecule has 0 bridgehead atoms. The highest BCUT2D eigenvalue weighted by atomic mass is 31.2. The van der Waals surface area contributed by atoms with Gasteiger partial charge in [-0.05, 0) is 12.8 Å². The Balaban J connectivity index is 1.90. The lowest BCUT2D eigenvalue weighted by Crippen LogP contribution is -2.17. The summed E-state index contributed by atoms with van der Waals surface area (Å²) in [7, 11) is -5.44. The lowest BCUT2D eigenvalue weighted by atomic mass is 10.1. The van der Waals surface area contributed by atoms with E-state index in [1.165, 1.54) is 4.57 Å². The summed E-state index contributed by atoms with van der Waals surface area (Å²) < 4.78 is 38.0. The molecule has 0 spiro atoms. The van der Waals surface area contributed by atoms with E-state index >= 15 is 0 Å². The average molecular weight is 381 g/mol. The number of fused-ring (bicyclic) bond motifs is 1. The van der Waals surface area contributed by atoms with Gasteiger partial charge in [-0.15, -0.1) is 0 Å². The van der Waals surface area contributed by atoms with Gasteiger partial charge in [0.2, 0.25) is 5.95 Å². The van der Waals surface area contributed by atoms with E-state index in [2.05, 4.69) is 15.0 Å². The number of rotatable bonds is 8. The van der Waals surface area contributed by atoms with Gasteiger partial charge in [0.25, 0.3) is 5.56 Å². The van der Waals surface area contributed by atoms with Gasteiger partial charge in [-0.3, -0.25) is 23.9 Å². The summed E-state index contributed by atoms with van der Waals surface area (Å²) in [6, 6.07) is 0. The number of H-pyrrole nitrogens is 2. The first-order valence-corrected chi connectivity index (χ1v) is 9.06. The van der Waals surface area contributed by atoms with Gasteiger partial charge in [0.15, 0.2) is 11.2 Å². The van der Waals surface area contributed by atoms with Crippen LogP contribution in [0.2, 0.25) is 0 Å². The number of nitrogen functional groups attached to an aromatic ring is 1. The molecule has 2 aromatic rings. The molecule has 0 unspecified atom stereocenters. The molecule has 0 radical (unpaired) electrons. The van der Waals surface area contributed by atoms with Gasteiger partial charge in [-0.25, -0.2) is 4.79 Å². The van der Waals surface area contributed by atoms with E-state index in [4.69, 9.17) is 15.5 Å². The largest absolute Gasteiger partial charge is 0.394 e. The van der Waals surface area contributed by atoms with Crippen molar-refractivity contribution in [1.82, 2.24) is 19.5 Å². The minimum atomic E-state index is -5.44. The summed E-state index contributed by atoms with van der Waals surface area (Å²) in [6.45, 7) is 0.198. The molecule has 140 valence electrons. The fourth-order valence-corrected chi connectivity index (χ4v) is 2.82. The summed E-state index contributed by atoms with van der Waals surface area (Å²) in [5.41, 5.74) is 0.422. The fourth-order valence-electron chi connectivity index (χ4n) is 2.37. The van der Waals surface area contributed by atoms with E-state index in [9.17, 15) is 22.9 Å². The summed E-state index contributed by atoms with van der Waals surface area (Å²) in [4.78, 5) is 49.1. The lowest BCUT2D eigenvalue weighted by molar-refractivity contribution is 0.0476. The third kappa shape index (κ3) is 4.33. The van der Waals surface area contributed by atoms with Crippen molar-refractivity contribution in [1.29, 1.82) is 0 Å². The highest BCUT2D eigenvalue weighted by Gasteiger charge is 2.47. The molecule has 6 N–H and O–H groups in total. The molecule has 0 aliphatic carbocycles. The van der Waals surface area contributed by atoms with Crippen LogP contribution in [0.4, 0.5) is 14.7 Å². The van der Waals surface area contributed by atoms with Crippen molar-refractivity contribution in [2.45, 2.75) is 44.3 Å². The standard InChI is InChI=1S/C12H18F2N5O5P/c13-12(14,25(22,23)24)5-3-1-2-4-6-19-8-7(16-11(19)21)9(20)18-10(15)17-8/h1-6H2,(H,16,21)(H2,22,23,24)(H3,15,17,18,20). The van der Waals surface area contributed by atoms with Crippen molar-refractivity contribution in [2.75, 3.05) is 5.73 Å². The van der Waals surface area contributed by atoms with Gasteiger partial charge < -0.3 is 15.5 Å². The quantitative estimate of drug-likeness (QED) is 0.331. The monoisotopic (exact) mass is 381 g/mol. The normalized spacial score (nSPS) is 12.8. The number of nitrogens with two attached hydrogens (primary N) is 1. The number of anilines is 1. The Hall–Kier alpha value is -2.04. The van der Waals surface area contributed by atoms with E-state index < -0.39 is 30.9 Å². The zero-order valence-corrected chi connectivity index (χ0v) is 13.9. The van der Waals surface area contributed by atoms with Crippen LogP contribution in [-0.4, -0.2) is 35.0 Å². The van der Waals surface area contributed by atoms with Crippen molar-refractivity contribution in [3.63, 3.8) is 0 Å². The molecule has 0 aliphatic rings. The zero-order chi connectivity index (χ0) is 18.8. The van der Waals surface area contributed by atoms with Crippen LogP contribution >= 0.6 is 7.60 Å². The SMILES string of the molecule is Nc1nc2c([nH]c(=O)n2CCCCCCC(F)(F)P(=O)(O)O)c(=O)[nH]1. The molecule has 2 rings (SSSR count). The third-order valence-electron chi connectivity index (χ3n) is 3.69. The number of imidazole rings is 1. The molecule has 0 aromatic carbocycles. The highest BCUT2D eigenvalue weighted by molar-refractivity contribution is 7.53. The van der Waals surface area contributed by atoms with Crippen molar-refractivity contribution in [3.05, 3.63) is 20.8 Å². The predicted molar refractivity (Wildman–Crippen MR) is 85.5 cm³/mol. The van der Waals surface area contributed by atoms with Crippen molar-refractivity contribution < 1.29 is 23.1 Å². The van der Waals surface area contributed by atoms with Crippen molar-refractivity contribution in [2.24, 2.45) is 0 Å². The number of nitrogens with one attached hydrogen (secondary N) is 2. The molecule has 0 aliphatic heterocycles. The van der Waals surface area contributed by atoms with Gasteiger partial charge in [0, 0.05) is 13.0 Å². The second kappa shape index (κ2) is 7.06. The van der Waals surface area contributed by atoms with E-state index in [0.29, 0.717) is 19.3 Å². The van der Waals surface area contributed by atoms with Crippen LogP contribution < -0.4 is 17.0 Å². The lowest BCUT2D eigenvalue weighted by Gasteiger charge is -2.17. The first-order valence-electron chi connectivity index (χ1n) is 7.45. The minimum absolute atomic E-state index is 0.000450. The number of aryl methyl sites for hydroxylation is 1. The van der Waals surface area contributed by atoms with Crippen LogP contribution in [0.15, 0.2) is 9.59 Å². The van der Waals surface area contributed by atoms with Crippen LogP contribution in [0.3, 0.4) is 0 Å². The molecule has 25 heavy (non-hydrogen) atoms. The molecule has 2 heterocycles. The fraction of sp³-hybridized carbons (Fsp3) is 0.583. The van der Waals surface area contributed by atoms with E-state index in [0.717, 1.165) is 0 Å². The smallest absolute Gasteiger partial charge is 0.369 e. The zero-order valence-electron chi connectivity index (χ0n) is 13.0. The summed E-state index contributed by atoms with van der Waals surface area (Å²) in [5, 5.41) is 0. The number of unbranched alkanes of at least 4 members (excludes halogenated alkanes) is 3. The van der Waals surface area contributed by atoms with Gasteiger partial charge >= 0.3 is 18.9 Å². The first-order chi connectivity index (χ1) is 11.5. The number of aromatic amines is 2. The summed E-state index contributed by atoms with van der Waals surface area (Å²) in [5.74, 6) is -0.134. The van der Waals surface area contributed by atoms with E-state index in [1.54, 1.807) is 0 Å². The number of hydrogen-bond acceptors (Lipinski definition) is 5. The highest BCUT2D eigenvalue weighted by Crippen LogP contribution is 2.55. The number of halogens is 2. The van der Waals surface area contributed by atoms with Crippen LogP contribution in [0.25, 0.3) is 11.2 Å². The molecule has 10 nitrogen and oxygen atoms in total. The van der Waals surface area contributed by atoms with E-state index in [1.807, 2.05) is 0 Å². The van der Waals surface area contributed by atoms with Crippen LogP contribution in [0.1, 0.15) is 32.1 Å². The van der Waals surface area contributed by atoms with Crippen LogP contribution in [0, 0.1) is 0 Å². The Morgan fingerprint density at radius 1 is 1.16 bits per heavy atom. The number of nitrogens with zero attached hydrogens (tertiary/aromatic N) is 2. The molecule has 13 heteroatoms. The Kier molecular flexibility index (Phi) is 5.45. The second-order valence-electron chi connectivity index (χ2n) is 5.61.